The molecule has 0 aliphatic heterocycles. The Labute approximate surface area is 111 Å². The summed E-state index contributed by atoms with van der Waals surface area (Å²) in [5, 5.41) is 9.08. The minimum Gasteiger partial charge on any atom is -0.395 e. The zero-order valence-corrected chi connectivity index (χ0v) is 11.6. The molecule has 1 fully saturated rings. The molecule has 1 saturated carbocycles. The van der Waals surface area contributed by atoms with Crippen molar-refractivity contribution < 1.29 is 5.11 Å². The fourth-order valence-corrected chi connectivity index (χ4v) is 2.45. The standard InChI is InChI=1S/C13H18INO/c14-12-6-4-11(5-7-12)10-15(8-9-16)13-2-1-3-13/h4-7,13,16H,1-3,8-10H2. The van der Waals surface area contributed by atoms with E-state index in [1.807, 2.05) is 0 Å². The highest BCUT2D eigenvalue weighted by molar-refractivity contribution is 14.1. The maximum absolute atomic E-state index is 9.08. The Balaban J connectivity index is 1.96. The molecule has 1 aromatic rings. The van der Waals surface area contributed by atoms with Crippen molar-refractivity contribution in [1.82, 2.24) is 4.90 Å². The van der Waals surface area contributed by atoms with Crippen LogP contribution in [0, 0.1) is 3.57 Å². The maximum Gasteiger partial charge on any atom is 0.0558 e. The number of aliphatic hydroxyl groups excluding tert-OH is 1. The van der Waals surface area contributed by atoms with Crippen LogP contribution in [0.5, 0.6) is 0 Å². The normalized spacial score (nSPS) is 16.4. The number of aliphatic hydroxyl groups is 1. The van der Waals surface area contributed by atoms with Crippen LogP contribution in [0.25, 0.3) is 0 Å². The number of hydrogen-bond donors (Lipinski definition) is 1. The molecule has 0 atom stereocenters. The minimum absolute atomic E-state index is 0.265. The highest BCUT2D eigenvalue weighted by Crippen LogP contribution is 2.26. The lowest BCUT2D eigenvalue weighted by Crippen LogP contribution is -2.41. The third-order valence-corrected chi connectivity index (χ3v) is 4.00. The highest BCUT2D eigenvalue weighted by atomic mass is 127. The van der Waals surface area contributed by atoms with E-state index in [9.17, 15) is 0 Å². The Morgan fingerprint density at radius 1 is 1.25 bits per heavy atom. The first-order chi connectivity index (χ1) is 7.79. The molecule has 2 rings (SSSR count). The fourth-order valence-electron chi connectivity index (χ4n) is 2.10. The summed E-state index contributed by atoms with van der Waals surface area (Å²) in [5.74, 6) is 0. The van der Waals surface area contributed by atoms with Gasteiger partial charge in [-0.3, -0.25) is 4.90 Å². The van der Waals surface area contributed by atoms with E-state index in [4.69, 9.17) is 5.11 Å². The summed E-state index contributed by atoms with van der Waals surface area (Å²) >= 11 is 2.33. The van der Waals surface area contributed by atoms with Gasteiger partial charge in [-0.25, -0.2) is 0 Å². The van der Waals surface area contributed by atoms with Crippen LogP contribution in [-0.4, -0.2) is 29.2 Å². The first-order valence-corrected chi connectivity index (χ1v) is 6.97. The first-order valence-electron chi connectivity index (χ1n) is 5.89. The number of halogens is 1. The molecule has 2 nitrogen and oxygen atoms in total. The van der Waals surface area contributed by atoms with Crippen molar-refractivity contribution in [1.29, 1.82) is 0 Å². The number of nitrogens with zero attached hydrogens (tertiary/aromatic N) is 1. The van der Waals surface area contributed by atoms with Crippen LogP contribution < -0.4 is 0 Å². The van der Waals surface area contributed by atoms with Gasteiger partial charge in [0.1, 0.15) is 0 Å². The van der Waals surface area contributed by atoms with Crippen LogP contribution in [0.2, 0.25) is 0 Å². The Hall–Kier alpha value is -0.130. The van der Waals surface area contributed by atoms with Gasteiger partial charge < -0.3 is 5.11 Å². The average molecular weight is 331 g/mol. The van der Waals surface area contributed by atoms with Crippen LogP contribution in [0.15, 0.2) is 24.3 Å². The van der Waals surface area contributed by atoms with Crippen molar-refractivity contribution >= 4 is 22.6 Å². The van der Waals surface area contributed by atoms with Crippen molar-refractivity contribution in [2.24, 2.45) is 0 Å². The summed E-state index contributed by atoms with van der Waals surface area (Å²) in [7, 11) is 0. The van der Waals surface area contributed by atoms with Crippen LogP contribution in [-0.2, 0) is 6.54 Å². The number of benzene rings is 1. The Bertz CT molecular complexity index is 321. The topological polar surface area (TPSA) is 23.5 Å². The molecule has 1 aromatic carbocycles. The van der Waals surface area contributed by atoms with Crippen LogP contribution in [0.3, 0.4) is 0 Å². The van der Waals surface area contributed by atoms with Gasteiger partial charge in [-0.1, -0.05) is 18.6 Å². The van der Waals surface area contributed by atoms with Gasteiger partial charge >= 0.3 is 0 Å². The predicted molar refractivity (Wildman–Crippen MR) is 74.3 cm³/mol. The molecule has 0 radical (unpaired) electrons. The third kappa shape index (κ3) is 3.18. The summed E-state index contributed by atoms with van der Waals surface area (Å²) in [6.07, 6.45) is 3.94. The minimum atomic E-state index is 0.265. The molecule has 1 aliphatic rings. The maximum atomic E-state index is 9.08. The highest BCUT2D eigenvalue weighted by Gasteiger charge is 2.24. The van der Waals surface area contributed by atoms with Gasteiger partial charge in [0.25, 0.3) is 0 Å². The predicted octanol–water partition coefficient (Wildman–Crippen LogP) is 2.64. The van der Waals surface area contributed by atoms with E-state index in [1.54, 1.807) is 0 Å². The zero-order valence-electron chi connectivity index (χ0n) is 9.40. The number of hydrogen-bond acceptors (Lipinski definition) is 2. The molecular formula is C13H18INO. The van der Waals surface area contributed by atoms with Crippen LogP contribution in [0.1, 0.15) is 24.8 Å². The van der Waals surface area contributed by atoms with Gasteiger partial charge in [0.05, 0.1) is 6.61 Å². The Kier molecular flexibility index (Phi) is 4.61. The van der Waals surface area contributed by atoms with Gasteiger partial charge in [0, 0.05) is 22.7 Å². The SMILES string of the molecule is OCCN(Cc1ccc(I)cc1)C1CCC1. The summed E-state index contributed by atoms with van der Waals surface area (Å²) in [6, 6.07) is 9.36. The largest absolute Gasteiger partial charge is 0.395 e. The third-order valence-electron chi connectivity index (χ3n) is 3.28. The molecule has 0 bridgehead atoms. The van der Waals surface area contributed by atoms with E-state index < -0.39 is 0 Å². The molecule has 1 N–H and O–H groups in total. The molecule has 88 valence electrons. The van der Waals surface area contributed by atoms with Crippen molar-refractivity contribution in [2.75, 3.05) is 13.2 Å². The van der Waals surface area contributed by atoms with Gasteiger partial charge in [-0.15, -0.1) is 0 Å². The van der Waals surface area contributed by atoms with Crippen molar-refractivity contribution in [3.8, 4) is 0 Å². The molecule has 0 spiro atoms. The van der Waals surface area contributed by atoms with E-state index in [1.165, 1.54) is 28.4 Å². The summed E-state index contributed by atoms with van der Waals surface area (Å²) in [4.78, 5) is 2.41. The van der Waals surface area contributed by atoms with Crippen molar-refractivity contribution in [2.45, 2.75) is 31.8 Å². The zero-order chi connectivity index (χ0) is 11.4. The summed E-state index contributed by atoms with van der Waals surface area (Å²) in [5.41, 5.74) is 1.35. The van der Waals surface area contributed by atoms with E-state index in [0.717, 1.165) is 13.1 Å². The average Bonchev–Trinajstić information content (AvgIpc) is 2.19. The van der Waals surface area contributed by atoms with E-state index in [0.29, 0.717) is 6.04 Å². The van der Waals surface area contributed by atoms with E-state index in [-0.39, 0.29) is 6.61 Å². The second kappa shape index (κ2) is 5.98. The lowest BCUT2D eigenvalue weighted by Gasteiger charge is -2.37. The van der Waals surface area contributed by atoms with Gasteiger partial charge in [0.2, 0.25) is 0 Å². The molecular weight excluding hydrogens is 313 g/mol. The second-order valence-electron chi connectivity index (χ2n) is 4.41. The lowest BCUT2D eigenvalue weighted by atomic mass is 9.91. The Morgan fingerprint density at radius 2 is 1.94 bits per heavy atom. The van der Waals surface area contributed by atoms with Gasteiger partial charge in [-0.05, 0) is 53.1 Å². The molecule has 0 heterocycles. The molecule has 16 heavy (non-hydrogen) atoms. The summed E-state index contributed by atoms with van der Waals surface area (Å²) < 4.78 is 1.28. The van der Waals surface area contributed by atoms with Gasteiger partial charge in [0.15, 0.2) is 0 Å². The lowest BCUT2D eigenvalue weighted by molar-refractivity contribution is 0.0945. The summed E-state index contributed by atoms with van der Waals surface area (Å²) in [6.45, 7) is 2.04. The molecule has 0 unspecified atom stereocenters. The second-order valence-corrected chi connectivity index (χ2v) is 5.65. The number of rotatable bonds is 5. The van der Waals surface area contributed by atoms with Gasteiger partial charge in [-0.2, -0.15) is 0 Å². The molecule has 1 aliphatic carbocycles. The first kappa shape index (κ1) is 12.3. The Morgan fingerprint density at radius 3 is 2.44 bits per heavy atom. The smallest absolute Gasteiger partial charge is 0.0558 e. The monoisotopic (exact) mass is 331 g/mol. The molecule has 3 heteroatoms. The van der Waals surface area contributed by atoms with Crippen molar-refractivity contribution in [3.63, 3.8) is 0 Å². The molecule has 0 saturated heterocycles. The van der Waals surface area contributed by atoms with Crippen molar-refractivity contribution in [3.05, 3.63) is 33.4 Å². The van der Waals surface area contributed by atoms with Crippen LogP contribution >= 0.6 is 22.6 Å². The fraction of sp³-hybridized carbons (Fsp3) is 0.538. The van der Waals surface area contributed by atoms with E-state index >= 15 is 0 Å². The molecule has 0 aromatic heterocycles. The quantitative estimate of drug-likeness (QED) is 0.839. The van der Waals surface area contributed by atoms with Crippen LogP contribution in [0.4, 0.5) is 0 Å². The molecule has 0 amide bonds. The van der Waals surface area contributed by atoms with E-state index in [2.05, 4.69) is 51.8 Å².